The molecule has 0 unspecified atom stereocenters. The summed E-state index contributed by atoms with van der Waals surface area (Å²) in [4.78, 5) is 0. The van der Waals surface area contributed by atoms with Crippen LogP contribution in [-0.2, 0) is 13.8 Å². The smallest absolute Gasteiger partial charge is 0.233 e. The van der Waals surface area contributed by atoms with E-state index in [1.807, 2.05) is 0 Å². The van der Waals surface area contributed by atoms with Gasteiger partial charge in [0.15, 0.2) is 0 Å². The monoisotopic (exact) mass is 336 g/mol. The molecule has 118 valence electrons. The van der Waals surface area contributed by atoms with Crippen molar-refractivity contribution in [3.05, 3.63) is 29.6 Å². The number of hydrogen-bond donors (Lipinski definition) is 0. The molecule has 1 aromatic rings. The van der Waals surface area contributed by atoms with Crippen LogP contribution < -0.4 is 4.74 Å². The predicted molar refractivity (Wildman–Crippen MR) is 78.8 cm³/mol. The number of hydrogen-bond acceptors (Lipinski definition) is 4. The maximum atomic E-state index is 13.5. The van der Waals surface area contributed by atoms with Crippen molar-refractivity contribution in [3.8, 4) is 5.75 Å². The number of benzene rings is 1. The molecular weight excluding hydrogens is 319 g/mol. The van der Waals surface area contributed by atoms with Crippen molar-refractivity contribution in [2.75, 3.05) is 25.6 Å². The number of halogens is 2. The average molecular weight is 337 g/mol. The van der Waals surface area contributed by atoms with Gasteiger partial charge in [-0.1, -0.05) is 6.07 Å². The molecule has 0 amide bonds. The first-order valence-electron chi connectivity index (χ1n) is 6.69. The van der Waals surface area contributed by atoms with Crippen LogP contribution in [0.15, 0.2) is 18.2 Å². The highest BCUT2D eigenvalue weighted by molar-refractivity contribution is 8.13. The summed E-state index contributed by atoms with van der Waals surface area (Å²) in [5, 5.41) is 0. The van der Waals surface area contributed by atoms with Crippen molar-refractivity contribution in [3.63, 3.8) is 0 Å². The van der Waals surface area contributed by atoms with Gasteiger partial charge in [-0.2, -0.15) is 0 Å². The SMILES string of the molecule is Cc1ccc(OCC2(CS(=O)(=O)Cl)CCOCC2)cc1F. The molecule has 0 aromatic heterocycles. The highest BCUT2D eigenvalue weighted by Gasteiger charge is 2.37. The summed E-state index contributed by atoms with van der Waals surface area (Å²) in [5.41, 5.74) is -0.0494. The van der Waals surface area contributed by atoms with Gasteiger partial charge in [-0.25, -0.2) is 12.8 Å². The molecule has 0 bridgehead atoms. The Morgan fingerprint density at radius 1 is 1.38 bits per heavy atom. The normalized spacial score (nSPS) is 18.4. The molecule has 1 saturated heterocycles. The largest absolute Gasteiger partial charge is 0.493 e. The molecule has 0 radical (unpaired) electrons. The number of ether oxygens (including phenoxy) is 2. The van der Waals surface area contributed by atoms with E-state index in [1.54, 1.807) is 19.1 Å². The van der Waals surface area contributed by atoms with Crippen LogP contribution in [0.2, 0.25) is 0 Å². The van der Waals surface area contributed by atoms with Crippen LogP contribution in [0.1, 0.15) is 18.4 Å². The summed E-state index contributed by atoms with van der Waals surface area (Å²) in [6, 6.07) is 4.60. The minimum atomic E-state index is -3.64. The van der Waals surface area contributed by atoms with Gasteiger partial charge in [0.05, 0.1) is 12.4 Å². The van der Waals surface area contributed by atoms with Gasteiger partial charge >= 0.3 is 0 Å². The highest BCUT2D eigenvalue weighted by Crippen LogP contribution is 2.34. The fourth-order valence-corrected chi connectivity index (χ4v) is 4.20. The summed E-state index contributed by atoms with van der Waals surface area (Å²) in [6.07, 6.45) is 1.10. The van der Waals surface area contributed by atoms with Crippen molar-refractivity contribution in [1.29, 1.82) is 0 Å². The molecule has 1 aromatic carbocycles. The summed E-state index contributed by atoms with van der Waals surface area (Å²) >= 11 is 0. The lowest BCUT2D eigenvalue weighted by Gasteiger charge is -2.35. The molecule has 0 atom stereocenters. The maximum absolute atomic E-state index is 13.5. The van der Waals surface area contributed by atoms with Gasteiger partial charge in [0, 0.05) is 35.4 Å². The second-order valence-electron chi connectivity index (χ2n) is 5.50. The van der Waals surface area contributed by atoms with Crippen molar-refractivity contribution in [2.24, 2.45) is 5.41 Å². The maximum Gasteiger partial charge on any atom is 0.233 e. The Bertz CT molecular complexity index is 597. The first kappa shape index (κ1) is 16.5. The fraction of sp³-hybridized carbons (Fsp3) is 0.571. The van der Waals surface area contributed by atoms with Crippen molar-refractivity contribution >= 4 is 19.7 Å². The standard InChI is InChI=1S/C14H18ClFO4S/c1-11-2-3-12(8-13(11)16)20-9-14(10-21(15,17)18)4-6-19-7-5-14/h2-3,8H,4-7,9-10H2,1H3. The fourth-order valence-electron chi connectivity index (χ4n) is 2.40. The van der Waals surface area contributed by atoms with E-state index in [2.05, 4.69) is 0 Å². The van der Waals surface area contributed by atoms with E-state index in [1.165, 1.54) is 6.07 Å². The molecule has 2 rings (SSSR count). The van der Waals surface area contributed by atoms with Gasteiger partial charge in [-0.05, 0) is 31.4 Å². The Morgan fingerprint density at radius 3 is 2.62 bits per heavy atom. The molecule has 1 fully saturated rings. The number of aryl methyl sites for hydroxylation is 1. The molecule has 21 heavy (non-hydrogen) atoms. The Labute approximate surface area is 128 Å². The minimum absolute atomic E-state index is 0.167. The Balaban J connectivity index is 2.10. The van der Waals surface area contributed by atoms with Crippen LogP contribution in [-0.4, -0.2) is 34.0 Å². The molecule has 4 nitrogen and oxygen atoms in total. The quantitative estimate of drug-likeness (QED) is 0.776. The van der Waals surface area contributed by atoms with E-state index in [0.717, 1.165) is 0 Å². The van der Waals surface area contributed by atoms with E-state index in [0.29, 0.717) is 37.4 Å². The van der Waals surface area contributed by atoms with Crippen molar-refractivity contribution < 1.29 is 22.3 Å². The third-order valence-corrected chi connectivity index (χ3v) is 5.00. The zero-order valence-electron chi connectivity index (χ0n) is 11.8. The van der Waals surface area contributed by atoms with E-state index in [4.69, 9.17) is 20.2 Å². The number of rotatable bonds is 5. The van der Waals surface area contributed by atoms with Gasteiger partial charge in [-0.15, -0.1) is 0 Å². The first-order chi connectivity index (χ1) is 9.80. The summed E-state index contributed by atoms with van der Waals surface area (Å²) in [6.45, 7) is 2.78. The Hall–Kier alpha value is -0.850. The molecule has 0 aliphatic carbocycles. The van der Waals surface area contributed by atoms with E-state index < -0.39 is 14.5 Å². The molecular formula is C14H18ClFO4S. The summed E-state index contributed by atoms with van der Waals surface area (Å²) < 4.78 is 47.2. The molecule has 1 aliphatic rings. The molecule has 1 aliphatic heterocycles. The van der Waals surface area contributed by atoms with Gasteiger partial charge < -0.3 is 9.47 Å². The Morgan fingerprint density at radius 2 is 2.05 bits per heavy atom. The van der Waals surface area contributed by atoms with Crippen LogP contribution >= 0.6 is 10.7 Å². The second kappa shape index (κ2) is 6.50. The molecule has 7 heteroatoms. The topological polar surface area (TPSA) is 52.6 Å². The van der Waals surface area contributed by atoms with Gasteiger partial charge in [0.2, 0.25) is 9.05 Å². The van der Waals surface area contributed by atoms with E-state index >= 15 is 0 Å². The summed E-state index contributed by atoms with van der Waals surface area (Å²) in [5.74, 6) is -0.131. The predicted octanol–water partition coefficient (Wildman–Crippen LogP) is 2.88. The lowest BCUT2D eigenvalue weighted by Crippen LogP contribution is -2.40. The summed E-state index contributed by atoms with van der Waals surface area (Å²) in [7, 11) is 1.76. The van der Waals surface area contributed by atoms with Gasteiger partial charge in [0.25, 0.3) is 0 Å². The van der Waals surface area contributed by atoms with Crippen molar-refractivity contribution in [2.45, 2.75) is 19.8 Å². The van der Waals surface area contributed by atoms with Crippen LogP contribution in [0.25, 0.3) is 0 Å². The zero-order chi connectivity index (χ0) is 15.5. The van der Waals surface area contributed by atoms with Crippen LogP contribution in [0.3, 0.4) is 0 Å². The van der Waals surface area contributed by atoms with Crippen LogP contribution in [0.4, 0.5) is 4.39 Å². The van der Waals surface area contributed by atoms with Crippen LogP contribution in [0, 0.1) is 18.2 Å². The lowest BCUT2D eigenvalue weighted by atomic mass is 9.83. The highest BCUT2D eigenvalue weighted by atomic mass is 35.7. The molecule has 0 N–H and O–H groups in total. The van der Waals surface area contributed by atoms with E-state index in [-0.39, 0.29) is 18.2 Å². The third-order valence-electron chi connectivity index (χ3n) is 3.72. The average Bonchev–Trinajstić information content (AvgIpc) is 2.39. The first-order valence-corrected chi connectivity index (χ1v) is 9.17. The van der Waals surface area contributed by atoms with E-state index in [9.17, 15) is 12.8 Å². The Kier molecular flexibility index (Phi) is 5.11. The lowest BCUT2D eigenvalue weighted by molar-refractivity contribution is 0.00222. The van der Waals surface area contributed by atoms with Gasteiger partial charge in [0.1, 0.15) is 11.6 Å². The van der Waals surface area contributed by atoms with Gasteiger partial charge in [-0.3, -0.25) is 0 Å². The van der Waals surface area contributed by atoms with Crippen LogP contribution in [0.5, 0.6) is 5.75 Å². The molecule has 0 spiro atoms. The second-order valence-corrected chi connectivity index (χ2v) is 8.27. The zero-order valence-corrected chi connectivity index (χ0v) is 13.3. The third kappa shape index (κ3) is 4.83. The van der Waals surface area contributed by atoms with Crippen molar-refractivity contribution in [1.82, 2.24) is 0 Å². The molecule has 1 heterocycles. The minimum Gasteiger partial charge on any atom is -0.493 e. The molecule has 0 saturated carbocycles.